The number of hydrogen-bond acceptors (Lipinski definition) is 4. The van der Waals surface area contributed by atoms with Crippen molar-refractivity contribution in [3.8, 4) is 0 Å². The summed E-state index contributed by atoms with van der Waals surface area (Å²) in [6.45, 7) is 0.766. The number of benzene rings is 1. The van der Waals surface area contributed by atoms with Crippen LogP contribution in [0.15, 0.2) is 23.1 Å². The first kappa shape index (κ1) is 17.0. The Bertz CT molecular complexity index is 673. The summed E-state index contributed by atoms with van der Waals surface area (Å²) in [5.74, 6) is -0.652. The van der Waals surface area contributed by atoms with E-state index < -0.39 is 27.2 Å². The number of carbonyl (C=O) groups is 1. The molecule has 9 heteroatoms. The monoisotopic (exact) mass is 348 g/mol. The van der Waals surface area contributed by atoms with Crippen molar-refractivity contribution in [1.29, 1.82) is 0 Å². The Balaban J connectivity index is 2.14. The second-order valence-corrected chi connectivity index (χ2v) is 7.40. The van der Waals surface area contributed by atoms with Crippen molar-refractivity contribution >= 4 is 28.7 Å². The fraction of sp³-hybridized carbons (Fsp3) is 0.462. The van der Waals surface area contributed by atoms with E-state index in [2.05, 4.69) is 12.6 Å². The van der Waals surface area contributed by atoms with Crippen molar-refractivity contribution in [2.45, 2.75) is 23.0 Å². The van der Waals surface area contributed by atoms with E-state index >= 15 is 0 Å². The molecule has 0 saturated carbocycles. The molecule has 1 fully saturated rings. The highest BCUT2D eigenvalue weighted by Crippen LogP contribution is 2.37. The van der Waals surface area contributed by atoms with E-state index in [4.69, 9.17) is 10.2 Å². The molecule has 1 aromatic rings. The van der Waals surface area contributed by atoms with Crippen LogP contribution in [-0.2, 0) is 10.0 Å². The maximum Gasteiger partial charge on any atom is 0.407 e. The summed E-state index contributed by atoms with van der Waals surface area (Å²) in [4.78, 5) is 11.9. The van der Waals surface area contributed by atoms with Gasteiger partial charge in [-0.25, -0.2) is 22.7 Å². The van der Waals surface area contributed by atoms with Crippen LogP contribution in [0.1, 0.15) is 23.7 Å². The largest absolute Gasteiger partial charge is 0.465 e. The molecular formula is C13H17FN2O4S2. The minimum Gasteiger partial charge on any atom is -0.465 e. The standard InChI is InChI=1S/C13H17FN2O4S2/c14-11-7-9(22(15,19)20)1-2-10(11)12(21)8-3-5-16(6-4-8)13(17)18/h1-2,7-8,12,21H,3-6H2,(H,17,18)(H2,15,19,20). The fourth-order valence-electron chi connectivity index (χ4n) is 2.59. The number of halogens is 1. The SMILES string of the molecule is NS(=O)(=O)c1ccc(C(S)C2CCN(C(=O)O)CC2)c(F)c1. The number of nitrogens with zero attached hydrogens (tertiary/aromatic N) is 1. The lowest BCUT2D eigenvalue weighted by molar-refractivity contribution is 0.124. The van der Waals surface area contributed by atoms with Crippen LogP contribution in [0.4, 0.5) is 9.18 Å². The topological polar surface area (TPSA) is 101 Å². The van der Waals surface area contributed by atoms with Crippen LogP contribution >= 0.6 is 12.6 Å². The van der Waals surface area contributed by atoms with E-state index in [1.54, 1.807) is 0 Å². The number of primary sulfonamides is 1. The molecule has 0 spiro atoms. The average molecular weight is 348 g/mol. The van der Waals surface area contributed by atoms with Gasteiger partial charge in [-0.2, -0.15) is 12.6 Å². The van der Waals surface area contributed by atoms with Crippen LogP contribution < -0.4 is 5.14 Å². The highest BCUT2D eigenvalue weighted by atomic mass is 32.2. The van der Waals surface area contributed by atoms with Gasteiger partial charge in [-0.1, -0.05) is 6.07 Å². The molecule has 1 aliphatic rings. The molecule has 1 saturated heterocycles. The fourth-order valence-corrected chi connectivity index (χ4v) is 3.62. The third-order valence-corrected chi connectivity index (χ3v) is 5.49. The molecule has 1 unspecified atom stereocenters. The van der Waals surface area contributed by atoms with Gasteiger partial charge in [-0.15, -0.1) is 0 Å². The van der Waals surface area contributed by atoms with Crippen molar-refractivity contribution < 1.29 is 22.7 Å². The first-order valence-electron chi connectivity index (χ1n) is 6.68. The second kappa shape index (κ2) is 6.43. The van der Waals surface area contributed by atoms with Gasteiger partial charge in [0.2, 0.25) is 10.0 Å². The van der Waals surface area contributed by atoms with Crippen molar-refractivity contribution in [3.05, 3.63) is 29.6 Å². The number of amides is 1. The summed E-state index contributed by atoms with van der Waals surface area (Å²) in [7, 11) is -3.95. The smallest absolute Gasteiger partial charge is 0.407 e. The molecule has 2 rings (SSSR count). The van der Waals surface area contributed by atoms with Gasteiger partial charge in [-0.05, 0) is 30.9 Å². The maximum atomic E-state index is 14.1. The number of nitrogens with two attached hydrogens (primary N) is 1. The summed E-state index contributed by atoms with van der Waals surface area (Å²) in [5.41, 5.74) is 0.296. The zero-order valence-electron chi connectivity index (χ0n) is 11.6. The number of rotatable bonds is 3. The number of carboxylic acid groups (broad SMARTS) is 1. The minimum atomic E-state index is -3.95. The van der Waals surface area contributed by atoms with E-state index in [0.717, 1.165) is 6.07 Å². The van der Waals surface area contributed by atoms with E-state index in [1.165, 1.54) is 17.0 Å². The van der Waals surface area contributed by atoms with Crippen LogP contribution in [0.2, 0.25) is 0 Å². The summed E-state index contributed by atoms with van der Waals surface area (Å²) in [6.07, 6.45) is 0.200. The predicted molar refractivity (Wildman–Crippen MR) is 81.8 cm³/mol. The van der Waals surface area contributed by atoms with Gasteiger partial charge >= 0.3 is 6.09 Å². The molecular weight excluding hydrogens is 331 g/mol. The Morgan fingerprint density at radius 2 is 2.00 bits per heavy atom. The summed E-state index contributed by atoms with van der Waals surface area (Å²) < 4.78 is 36.5. The Kier molecular flexibility index (Phi) is 4.98. The average Bonchev–Trinajstić information content (AvgIpc) is 2.45. The highest BCUT2D eigenvalue weighted by Gasteiger charge is 2.29. The van der Waals surface area contributed by atoms with E-state index in [-0.39, 0.29) is 10.8 Å². The van der Waals surface area contributed by atoms with Crippen LogP contribution in [0.3, 0.4) is 0 Å². The van der Waals surface area contributed by atoms with Gasteiger partial charge in [-0.3, -0.25) is 0 Å². The molecule has 1 aromatic carbocycles. The molecule has 0 bridgehead atoms. The lowest BCUT2D eigenvalue weighted by Crippen LogP contribution is -2.38. The molecule has 0 aliphatic carbocycles. The Morgan fingerprint density at radius 1 is 1.41 bits per heavy atom. The number of likely N-dealkylation sites (tertiary alicyclic amines) is 1. The summed E-state index contributed by atoms with van der Waals surface area (Å²) in [5, 5.41) is 13.4. The molecule has 0 radical (unpaired) electrons. The first-order valence-corrected chi connectivity index (χ1v) is 8.74. The first-order chi connectivity index (χ1) is 10.2. The van der Waals surface area contributed by atoms with Crippen molar-refractivity contribution in [3.63, 3.8) is 0 Å². The zero-order valence-corrected chi connectivity index (χ0v) is 13.4. The molecule has 1 heterocycles. The number of hydrogen-bond donors (Lipinski definition) is 3. The molecule has 3 N–H and O–H groups in total. The minimum absolute atomic E-state index is 0.0220. The second-order valence-electron chi connectivity index (χ2n) is 5.28. The normalized spacial score (nSPS) is 18.2. The van der Waals surface area contributed by atoms with Crippen molar-refractivity contribution in [1.82, 2.24) is 4.90 Å². The number of piperidine rings is 1. The molecule has 6 nitrogen and oxygen atoms in total. The van der Waals surface area contributed by atoms with Crippen LogP contribution in [0.5, 0.6) is 0 Å². The van der Waals surface area contributed by atoms with E-state index in [9.17, 15) is 17.6 Å². The molecule has 1 amide bonds. The highest BCUT2D eigenvalue weighted by molar-refractivity contribution is 7.89. The van der Waals surface area contributed by atoms with Crippen molar-refractivity contribution in [2.24, 2.45) is 11.1 Å². The summed E-state index contributed by atoms with van der Waals surface area (Å²) >= 11 is 4.43. The molecule has 1 atom stereocenters. The van der Waals surface area contributed by atoms with Gasteiger partial charge in [0.1, 0.15) is 5.82 Å². The molecule has 1 aliphatic heterocycles. The van der Waals surface area contributed by atoms with Crippen LogP contribution in [-0.4, -0.2) is 37.6 Å². The lowest BCUT2D eigenvalue weighted by atomic mass is 9.89. The van der Waals surface area contributed by atoms with E-state index in [1.807, 2.05) is 0 Å². The molecule has 122 valence electrons. The molecule has 22 heavy (non-hydrogen) atoms. The molecule has 0 aromatic heterocycles. The number of thiol groups is 1. The van der Waals surface area contributed by atoms with Gasteiger partial charge in [0.15, 0.2) is 0 Å². The van der Waals surface area contributed by atoms with Gasteiger partial charge in [0.05, 0.1) is 4.90 Å². The maximum absolute atomic E-state index is 14.1. The van der Waals surface area contributed by atoms with Crippen molar-refractivity contribution in [2.75, 3.05) is 13.1 Å². The lowest BCUT2D eigenvalue weighted by Gasteiger charge is -2.33. The van der Waals surface area contributed by atoms with Gasteiger partial charge in [0.25, 0.3) is 0 Å². The Hall–Kier alpha value is -1.32. The zero-order chi connectivity index (χ0) is 16.5. The Morgan fingerprint density at radius 3 is 2.45 bits per heavy atom. The van der Waals surface area contributed by atoms with Gasteiger partial charge < -0.3 is 10.0 Å². The predicted octanol–water partition coefficient (Wildman–Crippen LogP) is 1.83. The summed E-state index contributed by atoms with van der Waals surface area (Å²) in [6, 6.07) is 3.51. The third-order valence-electron chi connectivity index (χ3n) is 3.88. The van der Waals surface area contributed by atoms with Crippen LogP contribution in [0, 0.1) is 11.7 Å². The van der Waals surface area contributed by atoms with E-state index in [0.29, 0.717) is 31.5 Å². The third kappa shape index (κ3) is 3.71. The Labute approximate surface area is 133 Å². The van der Waals surface area contributed by atoms with Gasteiger partial charge in [0, 0.05) is 23.9 Å². The number of sulfonamides is 1. The van der Waals surface area contributed by atoms with Crippen LogP contribution in [0.25, 0.3) is 0 Å². The quantitative estimate of drug-likeness (QED) is 0.726.